The highest BCUT2D eigenvalue weighted by Gasteiger charge is 2.19. The molecule has 0 aliphatic carbocycles. The number of hydrogen-bond acceptors (Lipinski definition) is 4. The first-order chi connectivity index (χ1) is 8.41. The standard InChI is InChI=1S/C12H10O4S2/c1-8-6-11(12(17-8)18(14,15)16)10-4-2-9(7-13)3-5-10/h2-7H,1H3,(H,14,15,16). The first-order valence-electron chi connectivity index (χ1n) is 5.05. The average molecular weight is 282 g/mol. The second-order valence-corrected chi connectivity index (χ2v) is 6.65. The fraction of sp³-hybridized carbons (Fsp3) is 0.0833. The highest BCUT2D eigenvalue weighted by Crippen LogP contribution is 2.34. The van der Waals surface area contributed by atoms with Crippen molar-refractivity contribution in [3.8, 4) is 11.1 Å². The molecule has 0 bridgehead atoms. The molecular weight excluding hydrogens is 272 g/mol. The Morgan fingerprint density at radius 1 is 1.22 bits per heavy atom. The molecule has 1 heterocycles. The molecule has 6 heteroatoms. The van der Waals surface area contributed by atoms with Gasteiger partial charge in [-0.1, -0.05) is 24.3 Å². The lowest BCUT2D eigenvalue weighted by atomic mass is 10.1. The van der Waals surface area contributed by atoms with Gasteiger partial charge in [0.2, 0.25) is 0 Å². The summed E-state index contributed by atoms with van der Waals surface area (Å²) in [6.45, 7) is 1.77. The van der Waals surface area contributed by atoms with Crippen LogP contribution in [0.3, 0.4) is 0 Å². The van der Waals surface area contributed by atoms with E-state index < -0.39 is 10.1 Å². The zero-order valence-electron chi connectivity index (χ0n) is 9.45. The van der Waals surface area contributed by atoms with Gasteiger partial charge >= 0.3 is 10.1 Å². The van der Waals surface area contributed by atoms with Gasteiger partial charge in [0.1, 0.15) is 6.29 Å². The minimum atomic E-state index is -4.23. The van der Waals surface area contributed by atoms with E-state index >= 15 is 0 Å². The van der Waals surface area contributed by atoms with E-state index in [0.29, 0.717) is 23.0 Å². The van der Waals surface area contributed by atoms with Crippen LogP contribution in [0.15, 0.2) is 34.5 Å². The van der Waals surface area contributed by atoms with Gasteiger partial charge in [-0.25, -0.2) is 0 Å². The lowest BCUT2D eigenvalue weighted by molar-refractivity contribution is 0.112. The second kappa shape index (κ2) is 4.64. The van der Waals surface area contributed by atoms with Crippen molar-refractivity contribution in [2.24, 2.45) is 0 Å². The summed E-state index contributed by atoms with van der Waals surface area (Å²) >= 11 is 1.02. The summed E-state index contributed by atoms with van der Waals surface area (Å²) in [5, 5.41) is 0. The summed E-state index contributed by atoms with van der Waals surface area (Å²) in [5.41, 5.74) is 1.62. The largest absolute Gasteiger partial charge is 0.304 e. The van der Waals surface area contributed by atoms with Crippen LogP contribution in [0, 0.1) is 6.92 Å². The van der Waals surface area contributed by atoms with E-state index in [1.165, 1.54) is 0 Å². The Morgan fingerprint density at radius 2 is 1.83 bits per heavy atom. The molecule has 1 aromatic heterocycles. The molecule has 0 spiro atoms. The number of carbonyl (C=O) groups excluding carboxylic acids is 1. The number of aryl methyl sites for hydroxylation is 1. The van der Waals surface area contributed by atoms with Crippen molar-refractivity contribution in [3.05, 3.63) is 40.8 Å². The molecule has 1 aromatic carbocycles. The van der Waals surface area contributed by atoms with E-state index in [1.807, 2.05) is 0 Å². The van der Waals surface area contributed by atoms with Gasteiger partial charge in [0.05, 0.1) is 0 Å². The average Bonchev–Trinajstić information content (AvgIpc) is 2.71. The first kappa shape index (κ1) is 12.9. The van der Waals surface area contributed by atoms with Crippen molar-refractivity contribution in [1.29, 1.82) is 0 Å². The fourth-order valence-electron chi connectivity index (χ4n) is 1.63. The van der Waals surface area contributed by atoms with Gasteiger partial charge in [-0.2, -0.15) is 8.42 Å². The van der Waals surface area contributed by atoms with Gasteiger partial charge < -0.3 is 0 Å². The van der Waals surface area contributed by atoms with Crippen LogP contribution in [-0.2, 0) is 10.1 Å². The maximum Gasteiger partial charge on any atom is 0.304 e. The minimum Gasteiger partial charge on any atom is -0.298 e. The summed E-state index contributed by atoms with van der Waals surface area (Å²) in [6.07, 6.45) is 0.715. The third kappa shape index (κ3) is 2.50. The molecule has 18 heavy (non-hydrogen) atoms. The SMILES string of the molecule is Cc1cc(-c2ccc(C=O)cc2)c(S(=O)(=O)O)s1. The van der Waals surface area contributed by atoms with E-state index in [1.54, 1.807) is 37.3 Å². The fourth-order valence-corrected chi connectivity index (χ4v) is 3.65. The molecule has 0 amide bonds. The molecular formula is C12H10O4S2. The van der Waals surface area contributed by atoms with Crippen LogP contribution in [0.2, 0.25) is 0 Å². The van der Waals surface area contributed by atoms with Crippen molar-refractivity contribution >= 4 is 27.7 Å². The Hall–Kier alpha value is -1.50. The molecule has 0 unspecified atom stereocenters. The van der Waals surface area contributed by atoms with E-state index in [2.05, 4.69) is 0 Å². The summed E-state index contributed by atoms with van der Waals surface area (Å²) in [5.74, 6) is 0. The van der Waals surface area contributed by atoms with Gasteiger partial charge in [-0.3, -0.25) is 9.35 Å². The minimum absolute atomic E-state index is 0.0705. The van der Waals surface area contributed by atoms with E-state index in [0.717, 1.165) is 16.2 Å². The van der Waals surface area contributed by atoms with Crippen LogP contribution in [0.1, 0.15) is 15.2 Å². The number of aldehydes is 1. The number of carbonyl (C=O) groups is 1. The molecule has 0 radical (unpaired) electrons. The Morgan fingerprint density at radius 3 is 2.33 bits per heavy atom. The third-order valence-corrected chi connectivity index (χ3v) is 4.83. The molecule has 94 valence electrons. The summed E-state index contributed by atoms with van der Waals surface area (Å²) < 4.78 is 31.6. The summed E-state index contributed by atoms with van der Waals surface area (Å²) in [6, 6.07) is 8.20. The predicted octanol–water partition coefficient (Wildman–Crippen LogP) is 2.78. The van der Waals surface area contributed by atoms with Crippen LogP contribution < -0.4 is 0 Å². The number of benzene rings is 1. The second-order valence-electron chi connectivity index (χ2n) is 3.77. The van der Waals surface area contributed by atoms with Crippen molar-refractivity contribution in [2.45, 2.75) is 11.1 Å². The van der Waals surface area contributed by atoms with Crippen LogP contribution in [-0.4, -0.2) is 19.3 Å². The molecule has 0 fully saturated rings. The predicted molar refractivity (Wildman–Crippen MR) is 69.7 cm³/mol. The van der Waals surface area contributed by atoms with E-state index in [9.17, 15) is 17.8 Å². The van der Waals surface area contributed by atoms with Crippen molar-refractivity contribution in [2.75, 3.05) is 0 Å². The lowest BCUT2D eigenvalue weighted by Crippen LogP contribution is -1.96. The molecule has 0 saturated heterocycles. The molecule has 0 saturated carbocycles. The molecule has 2 aromatic rings. The Balaban J connectivity index is 2.60. The van der Waals surface area contributed by atoms with Gasteiger partial charge in [0, 0.05) is 16.0 Å². The molecule has 0 atom stereocenters. The van der Waals surface area contributed by atoms with Crippen molar-refractivity contribution in [3.63, 3.8) is 0 Å². The van der Waals surface area contributed by atoms with Gasteiger partial charge in [0.25, 0.3) is 0 Å². The molecule has 2 rings (SSSR count). The molecule has 1 N–H and O–H groups in total. The van der Waals surface area contributed by atoms with Crippen LogP contribution in [0.4, 0.5) is 0 Å². The summed E-state index contributed by atoms with van der Waals surface area (Å²) in [4.78, 5) is 11.3. The zero-order chi connectivity index (χ0) is 13.3. The number of rotatable bonds is 3. The maximum atomic E-state index is 11.3. The van der Waals surface area contributed by atoms with Gasteiger partial charge in [-0.15, -0.1) is 11.3 Å². The normalized spacial score (nSPS) is 11.4. The Labute approximate surface area is 109 Å². The zero-order valence-corrected chi connectivity index (χ0v) is 11.1. The van der Waals surface area contributed by atoms with Crippen molar-refractivity contribution in [1.82, 2.24) is 0 Å². The molecule has 0 aliphatic heterocycles. The number of hydrogen-bond donors (Lipinski definition) is 1. The molecule has 0 aliphatic rings. The molecule has 4 nitrogen and oxygen atoms in total. The monoisotopic (exact) mass is 282 g/mol. The Kier molecular flexibility index (Phi) is 3.34. The highest BCUT2D eigenvalue weighted by atomic mass is 32.3. The smallest absolute Gasteiger partial charge is 0.298 e. The maximum absolute atomic E-state index is 11.3. The quantitative estimate of drug-likeness (QED) is 0.694. The van der Waals surface area contributed by atoms with E-state index in [-0.39, 0.29) is 4.21 Å². The highest BCUT2D eigenvalue weighted by molar-refractivity contribution is 7.88. The van der Waals surface area contributed by atoms with Gasteiger partial charge in [0.15, 0.2) is 4.21 Å². The number of thiophene rings is 1. The Bertz CT molecular complexity index is 681. The van der Waals surface area contributed by atoms with E-state index in [4.69, 9.17) is 0 Å². The lowest BCUT2D eigenvalue weighted by Gasteiger charge is -2.01. The van der Waals surface area contributed by atoms with Crippen LogP contribution >= 0.6 is 11.3 Å². The van der Waals surface area contributed by atoms with Crippen molar-refractivity contribution < 1.29 is 17.8 Å². The first-order valence-corrected chi connectivity index (χ1v) is 7.31. The summed E-state index contributed by atoms with van der Waals surface area (Å²) in [7, 11) is -4.23. The third-order valence-electron chi connectivity index (χ3n) is 2.41. The topological polar surface area (TPSA) is 71.4 Å². The van der Waals surface area contributed by atoms with Crippen LogP contribution in [0.25, 0.3) is 11.1 Å². The van der Waals surface area contributed by atoms with Gasteiger partial charge in [-0.05, 0) is 18.6 Å². The van der Waals surface area contributed by atoms with Crippen LogP contribution in [0.5, 0.6) is 0 Å².